The van der Waals surface area contributed by atoms with Crippen molar-refractivity contribution in [3.63, 3.8) is 0 Å². The van der Waals surface area contributed by atoms with E-state index >= 15 is 0 Å². The van der Waals surface area contributed by atoms with Gasteiger partial charge in [0.2, 0.25) is 11.8 Å². The maximum atomic E-state index is 12.6. The summed E-state index contributed by atoms with van der Waals surface area (Å²) in [5.74, 6) is -0.178. The Kier molecular flexibility index (Phi) is 4.99. The van der Waals surface area contributed by atoms with Crippen molar-refractivity contribution >= 4 is 11.8 Å². The molecule has 4 nitrogen and oxygen atoms in total. The minimum atomic E-state index is -0.804. The fourth-order valence-electron chi connectivity index (χ4n) is 3.38. The highest BCUT2D eigenvalue weighted by molar-refractivity contribution is 6.07. The predicted octanol–water partition coefficient (Wildman–Crippen LogP) is 2.92. The van der Waals surface area contributed by atoms with Crippen LogP contribution < -0.4 is 10.6 Å². The Bertz CT molecular complexity index is 544. The van der Waals surface area contributed by atoms with Crippen molar-refractivity contribution in [3.05, 3.63) is 35.9 Å². The Labute approximate surface area is 138 Å². The molecule has 0 unspecified atom stereocenters. The van der Waals surface area contributed by atoms with E-state index in [-0.39, 0.29) is 17.9 Å². The fourth-order valence-corrected chi connectivity index (χ4v) is 3.38. The lowest BCUT2D eigenvalue weighted by molar-refractivity contribution is -0.137. The van der Waals surface area contributed by atoms with Crippen molar-refractivity contribution in [1.29, 1.82) is 0 Å². The van der Waals surface area contributed by atoms with E-state index in [1.807, 2.05) is 30.3 Å². The summed E-state index contributed by atoms with van der Waals surface area (Å²) in [6, 6.07) is 10.1. The van der Waals surface area contributed by atoms with Crippen LogP contribution >= 0.6 is 0 Å². The van der Waals surface area contributed by atoms with Crippen molar-refractivity contribution in [3.8, 4) is 0 Å². The second kappa shape index (κ2) is 7.16. The van der Waals surface area contributed by atoms with Crippen molar-refractivity contribution in [2.45, 2.75) is 64.0 Å². The molecule has 2 aliphatic rings. The van der Waals surface area contributed by atoms with E-state index in [0.29, 0.717) is 19.4 Å². The van der Waals surface area contributed by atoms with E-state index in [1.54, 1.807) is 0 Å². The average Bonchev–Trinajstić information content (AvgIpc) is 3.39. The summed E-state index contributed by atoms with van der Waals surface area (Å²) in [5, 5.41) is 6.07. The fraction of sp³-hybridized carbons (Fsp3) is 0.579. The van der Waals surface area contributed by atoms with Gasteiger partial charge >= 0.3 is 0 Å². The third-order valence-corrected chi connectivity index (χ3v) is 5.11. The molecule has 1 aromatic carbocycles. The molecule has 0 aliphatic heterocycles. The van der Waals surface area contributed by atoms with Crippen LogP contribution in [-0.2, 0) is 16.1 Å². The first-order valence-corrected chi connectivity index (χ1v) is 8.84. The van der Waals surface area contributed by atoms with Gasteiger partial charge in [0.25, 0.3) is 0 Å². The Balaban J connectivity index is 1.53. The van der Waals surface area contributed by atoms with E-state index in [9.17, 15) is 9.59 Å². The molecule has 1 aromatic rings. The zero-order valence-corrected chi connectivity index (χ0v) is 13.6. The number of benzene rings is 1. The molecule has 0 saturated heterocycles. The molecule has 0 bridgehead atoms. The van der Waals surface area contributed by atoms with E-state index in [2.05, 4.69) is 10.6 Å². The molecule has 4 heteroatoms. The first-order valence-electron chi connectivity index (χ1n) is 8.84. The summed E-state index contributed by atoms with van der Waals surface area (Å²) in [6.45, 7) is 0.484. The van der Waals surface area contributed by atoms with Gasteiger partial charge < -0.3 is 10.6 Å². The Morgan fingerprint density at radius 1 is 0.957 bits per heavy atom. The minimum absolute atomic E-state index is 0.0602. The van der Waals surface area contributed by atoms with Crippen molar-refractivity contribution in [1.82, 2.24) is 10.6 Å². The van der Waals surface area contributed by atoms with Crippen molar-refractivity contribution < 1.29 is 9.59 Å². The molecule has 0 aromatic heterocycles. The molecule has 2 fully saturated rings. The lowest BCUT2D eigenvalue weighted by Crippen LogP contribution is -2.46. The van der Waals surface area contributed by atoms with Crippen LogP contribution in [0.25, 0.3) is 0 Å². The first-order chi connectivity index (χ1) is 11.2. The van der Waals surface area contributed by atoms with Crippen molar-refractivity contribution in [2.24, 2.45) is 5.41 Å². The van der Waals surface area contributed by atoms with Crippen LogP contribution in [0.5, 0.6) is 0 Å². The highest BCUT2D eigenvalue weighted by Gasteiger charge is 2.56. The minimum Gasteiger partial charge on any atom is -0.352 e. The van der Waals surface area contributed by atoms with Gasteiger partial charge in [0.1, 0.15) is 5.41 Å². The topological polar surface area (TPSA) is 58.2 Å². The van der Waals surface area contributed by atoms with Gasteiger partial charge in [-0.25, -0.2) is 0 Å². The summed E-state index contributed by atoms with van der Waals surface area (Å²) in [7, 11) is 0. The molecule has 2 N–H and O–H groups in total. The molecule has 2 amide bonds. The Hall–Kier alpha value is -1.84. The molecule has 0 heterocycles. The van der Waals surface area contributed by atoms with Gasteiger partial charge in [0.05, 0.1) is 0 Å². The number of amides is 2. The molecule has 124 valence electrons. The molecule has 2 aliphatic carbocycles. The van der Waals surface area contributed by atoms with Gasteiger partial charge in [-0.1, -0.05) is 56.0 Å². The third kappa shape index (κ3) is 3.92. The monoisotopic (exact) mass is 314 g/mol. The summed E-state index contributed by atoms with van der Waals surface area (Å²) < 4.78 is 0. The zero-order chi connectivity index (χ0) is 16.1. The number of carbonyl (C=O) groups is 2. The molecule has 0 radical (unpaired) electrons. The molecule has 0 atom stereocenters. The van der Waals surface area contributed by atoms with Gasteiger partial charge in [-0.15, -0.1) is 0 Å². The standard InChI is InChI=1S/C19H26N2O2/c22-17(20-14-15-8-4-3-5-9-15)19(12-13-19)18(23)21-16-10-6-1-2-7-11-16/h3-5,8-9,16H,1-2,6-7,10-14H2,(H,20,22)(H,21,23). The van der Waals surface area contributed by atoms with Crippen LogP contribution in [0, 0.1) is 5.41 Å². The lowest BCUT2D eigenvalue weighted by Gasteiger charge is -2.21. The number of nitrogens with one attached hydrogen (secondary N) is 2. The van der Waals surface area contributed by atoms with Crippen LogP contribution in [0.2, 0.25) is 0 Å². The third-order valence-electron chi connectivity index (χ3n) is 5.11. The zero-order valence-electron chi connectivity index (χ0n) is 13.6. The number of carbonyl (C=O) groups excluding carboxylic acids is 2. The summed E-state index contributed by atoms with van der Waals surface area (Å²) in [4.78, 5) is 25.1. The van der Waals surface area contributed by atoms with Gasteiger partial charge in [-0.05, 0) is 31.2 Å². The van der Waals surface area contributed by atoms with Gasteiger partial charge in [0.15, 0.2) is 0 Å². The van der Waals surface area contributed by atoms with E-state index in [1.165, 1.54) is 25.7 Å². The van der Waals surface area contributed by atoms with Crippen LogP contribution in [-0.4, -0.2) is 17.9 Å². The smallest absolute Gasteiger partial charge is 0.235 e. The molecule has 23 heavy (non-hydrogen) atoms. The lowest BCUT2D eigenvalue weighted by atomic mass is 10.0. The average molecular weight is 314 g/mol. The van der Waals surface area contributed by atoms with Crippen LogP contribution in [0.15, 0.2) is 30.3 Å². The summed E-state index contributed by atoms with van der Waals surface area (Å²) in [6.07, 6.45) is 8.32. The van der Waals surface area contributed by atoms with Crippen molar-refractivity contribution in [2.75, 3.05) is 0 Å². The van der Waals surface area contributed by atoms with Gasteiger partial charge in [0, 0.05) is 12.6 Å². The maximum absolute atomic E-state index is 12.6. The molecular weight excluding hydrogens is 288 g/mol. The molecule has 2 saturated carbocycles. The van der Waals surface area contributed by atoms with E-state index < -0.39 is 5.41 Å². The SMILES string of the molecule is O=C(NCc1ccccc1)C1(C(=O)NC2CCCCCC2)CC1. The highest BCUT2D eigenvalue weighted by atomic mass is 16.2. The molecule has 3 rings (SSSR count). The summed E-state index contributed by atoms with van der Waals surface area (Å²) >= 11 is 0. The molecule has 0 spiro atoms. The first kappa shape index (κ1) is 16.0. The normalized spacial score (nSPS) is 20.3. The number of rotatable bonds is 5. The number of hydrogen-bond acceptors (Lipinski definition) is 2. The largest absolute Gasteiger partial charge is 0.352 e. The second-order valence-corrected chi connectivity index (χ2v) is 6.91. The predicted molar refractivity (Wildman–Crippen MR) is 89.6 cm³/mol. The second-order valence-electron chi connectivity index (χ2n) is 6.91. The number of hydrogen-bond donors (Lipinski definition) is 2. The quantitative estimate of drug-likeness (QED) is 0.648. The van der Waals surface area contributed by atoms with E-state index in [0.717, 1.165) is 18.4 Å². The van der Waals surface area contributed by atoms with Crippen LogP contribution in [0.3, 0.4) is 0 Å². The van der Waals surface area contributed by atoms with Gasteiger partial charge in [-0.2, -0.15) is 0 Å². The Morgan fingerprint density at radius 3 is 2.22 bits per heavy atom. The van der Waals surface area contributed by atoms with E-state index in [4.69, 9.17) is 0 Å². The highest BCUT2D eigenvalue weighted by Crippen LogP contribution is 2.46. The van der Waals surface area contributed by atoms with Gasteiger partial charge in [-0.3, -0.25) is 9.59 Å². The van der Waals surface area contributed by atoms with Crippen LogP contribution in [0.1, 0.15) is 56.9 Å². The summed E-state index contributed by atoms with van der Waals surface area (Å²) in [5.41, 5.74) is 0.252. The maximum Gasteiger partial charge on any atom is 0.235 e. The molecular formula is C19H26N2O2. The van der Waals surface area contributed by atoms with Crippen LogP contribution in [0.4, 0.5) is 0 Å². The Morgan fingerprint density at radius 2 is 1.61 bits per heavy atom.